The Labute approximate surface area is 97.2 Å². The lowest BCUT2D eigenvalue weighted by atomic mass is 9.88. The highest BCUT2D eigenvalue weighted by molar-refractivity contribution is 5.46. The molecule has 16 heavy (non-hydrogen) atoms. The average Bonchev–Trinajstić information content (AvgIpc) is 2.31. The van der Waals surface area contributed by atoms with Crippen molar-refractivity contribution in [2.75, 3.05) is 18.0 Å². The Balaban J connectivity index is 1.98. The topological polar surface area (TPSA) is 23.5 Å². The van der Waals surface area contributed by atoms with E-state index in [0.717, 1.165) is 25.9 Å². The second-order valence-corrected chi connectivity index (χ2v) is 4.54. The van der Waals surface area contributed by atoms with E-state index < -0.39 is 5.60 Å². The van der Waals surface area contributed by atoms with Crippen LogP contribution in [0.4, 0.5) is 5.69 Å². The Morgan fingerprint density at radius 3 is 2.44 bits per heavy atom. The number of aliphatic hydroxyl groups is 1. The van der Waals surface area contributed by atoms with Gasteiger partial charge in [0.2, 0.25) is 0 Å². The van der Waals surface area contributed by atoms with Crippen LogP contribution in [0.2, 0.25) is 0 Å². The average molecular weight is 217 g/mol. The molecule has 2 nitrogen and oxygen atoms in total. The number of para-hydroxylation sites is 1. The second-order valence-electron chi connectivity index (χ2n) is 4.54. The number of hydrogen-bond donors (Lipinski definition) is 1. The molecule has 0 atom stereocenters. The van der Waals surface area contributed by atoms with Gasteiger partial charge in [0.25, 0.3) is 0 Å². The van der Waals surface area contributed by atoms with Crippen LogP contribution >= 0.6 is 0 Å². The van der Waals surface area contributed by atoms with Crippen molar-refractivity contribution in [3.63, 3.8) is 0 Å². The number of benzene rings is 1. The van der Waals surface area contributed by atoms with E-state index in [1.54, 1.807) is 0 Å². The Bertz CT molecular complexity index is 339. The third kappa shape index (κ3) is 2.45. The lowest BCUT2D eigenvalue weighted by molar-refractivity contribution is 0.0192. The molecule has 0 spiro atoms. The molecule has 2 rings (SSSR count). The van der Waals surface area contributed by atoms with Gasteiger partial charge in [0.05, 0.1) is 5.60 Å². The maximum atomic E-state index is 10.2. The molecule has 1 fully saturated rings. The van der Waals surface area contributed by atoms with Crippen LogP contribution < -0.4 is 4.90 Å². The summed E-state index contributed by atoms with van der Waals surface area (Å²) in [6.45, 7) is 5.55. The maximum Gasteiger partial charge on any atom is 0.0715 e. The van der Waals surface area contributed by atoms with Gasteiger partial charge in [-0.05, 0) is 31.4 Å². The van der Waals surface area contributed by atoms with Crippen LogP contribution in [0, 0.1) is 0 Å². The fourth-order valence-corrected chi connectivity index (χ4v) is 2.29. The van der Waals surface area contributed by atoms with Gasteiger partial charge >= 0.3 is 0 Å². The molecule has 1 saturated heterocycles. The second kappa shape index (κ2) is 4.71. The van der Waals surface area contributed by atoms with E-state index in [4.69, 9.17) is 0 Å². The minimum Gasteiger partial charge on any atom is -0.389 e. The van der Waals surface area contributed by atoms with Gasteiger partial charge < -0.3 is 10.0 Å². The Morgan fingerprint density at radius 2 is 1.88 bits per heavy atom. The molecular formula is C14H19NO. The van der Waals surface area contributed by atoms with Crippen LogP contribution in [0.25, 0.3) is 0 Å². The molecule has 0 saturated carbocycles. The van der Waals surface area contributed by atoms with Gasteiger partial charge in [-0.25, -0.2) is 0 Å². The minimum atomic E-state index is -0.521. The van der Waals surface area contributed by atoms with E-state index in [0.29, 0.717) is 6.42 Å². The van der Waals surface area contributed by atoms with Crippen LogP contribution in [0.15, 0.2) is 43.0 Å². The molecule has 1 N–H and O–H groups in total. The number of anilines is 1. The number of hydrogen-bond acceptors (Lipinski definition) is 2. The maximum absolute atomic E-state index is 10.2. The van der Waals surface area contributed by atoms with E-state index in [1.165, 1.54) is 5.69 Å². The van der Waals surface area contributed by atoms with E-state index >= 15 is 0 Å². The van der Waals surface area contributed by atoms with Gasteiger partial charge in [-0.3, -0.25) is 0 Å². The molecule has 0 aromatic heterocycles. The summed E-state index contributed by atoms with van der Waals surface area (Å²) in [5, 5.41) is 10.2. The SMILES string of the molecule is C=CCC1(O)CCN(c2ccccc2)CC1. The molecule has 0 aliphatic carbocycles. The van der Waals surface area contributed by atoms with Crippen molar-refractivity contribution in [1.82, 2.24) is 0 Å². The third-order valence-corrected chi connectivity index (χ3v) is 3.34. The molecule has 86 valence electrons. The van der Waals surface area contributed by atoms with Gasteiger partial charge in [0, 0.05) is 18.8 Å². The van der Waals surface area contributed by atoms with E-state index in [1.807, 2.05) is 12.1 Å². The fraction of sp³-hybridized carbons (Fsp3) is 0.429. The zero-order valence-corrected chi connectivity index (χ0v) is 9.60. The molecule has 1 aliphatic heterocycles. The summed E-state index contributed by atoms with van der Waals surface area (Å²) < 4.78 is 0. The normalized spacial score (nSPS) is 19.4. The fourth-order valence-electron chi connectivity index (χ4n) is 2.29. The molecule has 0 bridgehead atoms. The predicted molar refractivity (Wildman–Crippen MR) is 67.7 cm³/mol. The third-order valence-electron chi connectivity index (χ3n) is 3.34. The summed E-state index contributed by atoms with van der Waals surface area (Å²) in [7, 11) is 0. The standard InChI is InChI=1S/C14H19NO/c1-2-8-14(16)9-11-15(12-10-14)13-6-4-3-5-7-13/h2-7,16H,1,8-12H2. The zero-order chi connectivity index (χ0) is 11.4. The van der Waals surface area contributed by atoms with Crippen LogP contribution in [-0.2, 0) is 0 Å². The molecule has 1 heterocycles. The number of nitrogens with zero attached hydrogens (tertiary/aromatic N) is 1. The number of rotatable bonds is 3. The predicted octanol–water partition coefficient (Wildman–Crippen LogP) is 2.59. The molecule has 0 radical (unpaired) electrons. The van der Waals surface area contributed by atoms with Crippen molar-refractivity contribution in [3.8, 4) is 0 Å². The van der Waals surface area contributed by atoms with Crippen LogP contribution in [0.3, 0.4) is 0 Å². The lowest BCUT2D eigenvalue weighted by Gasteiger charge is -2.38. The molecule has 1 aliphatic rings. The molecular weight excluding hydrogens is 198 g/mol. The molecule has 0 unspecified atom stereocenters. The van der Waals surface area contributed by atoms with Crippen molar-refractivity contribution < 1.29 is 5.11 Å². The quantitative estimate of drug-likeness (QED) is 0.787. The van der Waals surface area contributed by atoms with Crippen LogP contribution in [0.1, 0.15) is 19.3 Å². The molecule has 0 amide bonds. The van der Waals surface area contributed by atoms with Gasteiger partial charge in [0.15, 0.2) is 0 Å². The summed E-state index contributed by atoms with van der Waals surface area (Å²) in [5.41, 5.74) is 0.732. The lowest BCUT2D eigenvalue weighted by Crippen LogP contribution is -2.44. The van der Waals surface area contributed by atoms with Crippen molar-refractivity contribution in [2.24, 2.45) is 0 Å². The highest BCUT2D eigenvalue weighted by Crippen LogP contribution is 2.28. The first kappa shape index (κ1) is 11.2. The monoisotopic (exact) mass is 217 g/mol. The summed E-state index contributed by atoms with van der Waals surface area (Å²) in [5.74, 6) is 0. The highest BCUT2D eigenvalue weighted by Gasteiger charge is 2.30. The van der Waals surface area contributed by atoms with Crippen molar-refractivity contribution in [1.29, 1.82) is 0 Å². The molecule has 2 heteroatoms. The van der Waals surface area contributed by atoms with Crippen LogP contribution in [-0.4, -0.2) is 23.8 Å². The molecule has 1 aromatic rings. The zero-order valence-electron chi connectivity index (χ0n) is 9.60. The smallest absolute Gasteiger partial charge is 0.0715 e. The van der Waals surface area contributed by atoms with E-state index in [9.17, 15) is 5.11 Å². The Kier molecular flexibility index (Phi) is 3.30. The first-order valence-corrected chi connectivity index (χ1v) is 5.87. The highest BCUT2D eigenvalue weighted by atomic mass is 16.3. The van der Waals surface area contributed by atoms with Gasteiger partial charge in [-0.15, -0.1) is 6.58 Å². The van der Waals surface area contributed by atoms with Gasteiger partial charge in [-0.1, -0.05) is 24.3 Å². The first-order chi connectivity index (χ1) is 7.73. The Hall–Kier alpha value is -1.28. The van der Waals surface area contributed by atoms with Crippen molar-refractivity contribution in [2.45, 2.75) is 24.9 Å². The van der Waals surface area contributed by atoms with Crippen molar-refractivity contribution in [3.05, 3.63) is 43.0 Å². The first-order valence-electron chi connectivity index (χ1n) is 5.87. The van der Waals surface area contributed by atoms with Gasteiger partial charge in [0.1, 0.15) is 0 Å². The number of piperidine rings is 1. The van der Waals surface area contributed by atoms with Gasteiger partial charge in [-0.2, -0.15) is 0 Å². The van der Waals surface area contributed by atoms with Crippen LogP contribution in [0.5, 0.6) is 0 Å². The largest absolute Gasteiger partial charge is 0.389 e. The summed E-state index contributed by atoms with van der Waals surface area (Å²) in [4.78, 5) is 2.33. The molecule has 1 aromatic carbocycles. The summed E-state index contributed by atoms with van der Waals surface area (Å²) in [6, 6.07) is 10.4. The van der Waals surface area contributed by atoms with E-state index in [2.05, 4.69) is 35.7 Å². The van der Waals surface area contributed by atoms with Crippen molar-refractivity contribution >= 4 is 5.69 Å². The summed E-state index contributed by atoms with van der Waals surface area (Å²) >= 11 is 0. The minimum absolute atomic E-state index is 0.521. The van der Waals surface area contributed by atoms with E-state index in [-0.39, 0.29) is 0 Å². The Morgan fingerprint density at radius 1 is 1.25 bits per heavy atom. The summed E-state index contributed by atoms with van der Waals surface area (Å²) in [6.07, 6.45) is 4.18.